The molecule has 4 heteroatoms. The number of hydrogen-bond donors (Lipinski definition) is 2. The number of nitrogens with zero attached hydrogens (tertiary/aromatic N) is 1. The number of aromatic nitrogens is 2. The Balaban J connectivity index is 1.92. The highest BCUT2D eigenvalue weighted by atomic mass is 32.1. The van der Waals surface area contributed by atoms with Crippen molar-refractivity contribution in [2.45, 2.75) is 32.6 Å². The summed E-state index contributed by atoms with van der Waals surface area (Å²) in [4.78, 5) is 9.64. The van der Waals surface area contributed by atoms with Crippen LogP contribution in [0.15, 0.2) is 18.2 Å². The number of thiophene rings is 1. The number of imidazole rings is 1. The third-order valence-electron chi connectivity index (χ3n) is 4.07. The Kier molecular flexibility index (Phi) is 2.60. The molecule has 102 valence electrons. The fourth-order valence-electron chi connectivity index (χ4n) is 3.09. The van der Waals surface area contributed by atoms with E-state index in [-0.39, 0.29) is 0 Å². The van der Waals surface area contributed by atoms with Crippen molar-refractivity contribution in [2.24, 2.45) is 0 Å². The molecule has 1 aliphatic rings. The Labute approximate surface area is 121 Å². The predicted molar refractivity (Wildman–Crippen MR) is 85.2 cm³/mol. The van der Waals surface area contributed by atoms with Crippen LogP contribution in [0.1, 0.15) is 28.8 Å². The van der Waals surface area contributed by atoms with Crippen molar-refractivity contribution >= 4 is 27.4 Å². The second kappa shape index (κ2) is 4.35. The molecule has 0 atom stereocenters. The van der Waals surface area contributed by atoms with Gasteiger partial charge in [-0.2, -0.15) is 0 Å². The maximum Gasteiger partial charge on any atom is 0.141 e. The monoisotopic (exact) mass is 283 g/mol. The zero-order chi connectivity index (χ0) is 13.7. The minimum Gasteiger partial charge on any atom is -0.390 e. The molecule has 0 saturated heterocycles. The molecule has 2 aromatic heterocycles. The number of hydrogen-bond acceptors (Lipinski definition) is 3. The molecule has 4 rings (SSSR count). The van der Waals surface area contributed by atoms with Crippen molar-refractivity contribution < 1.29 is 0 Å². The lowest BCUT2D eigenvalue weighted by molar-refractivity contribution is 0.698. The Morgan fingerprint density at radius 2 is 2.10 bits per heavy atom. The first-order chi connectivity index (χ1) is 9.72. The van der Waals surface area contributed by atoms with E-state index < -0.39 is 0 Å². The minimum atomic E-state index is 0.910. The lowest BCUT2D eigenvalue weighted by Gasteiger charge is -2.11. The number of rotatable bonds is 1. The summed E-state index contributed by atoms with van der Waals surface area (Å²) in [6.07, 6.45) is 4.85. The molecule has 0 amide bonds. The van der Waals surface area contributed by atoms with Crippen molar-refractivity contribution in [3.8, 4) is 11.4 Å². The highest BCUT2D eigenvalue weighted by molar-refractivity contribution is 7.16. The van der Waals surface area contributed by atoms with Crippen molar-refractivity contribution in [1.82, 2.24) is 9.97 Å². The molecule has 0 spiro atoms. The van der Waals surface area contributed by atoms with Crippen molar-refractivity contribution in [1.29, 1.82) is 0 Å². The Hall–Kier alpha value is -1.81. The van der Waals surface area contributed by atoms with Gasteiger partial charge in [0.15, 0.2) is 0 Å². The number of nitrogens with one attached hydrogen (secondary N) is 1. The minimum absolute atomic E-state index is 0.910. The molecule has 3 aromatic rings. The lowest BCUT2D eigenvalue weighted by Crippen LogP contribution is -2.00. The first-order valence-corrected chi connectivity index (χ1v) is 7.91. The van der Waals surface area contributed by atoms with Crippen LogP contribution >= 0.6 is 11.3 Å². The fraction of sp³-hybridized carbons (Fsp3) is 0.312. The first-order valence-electron chi connectivity index (χ1n) is 7.09. The van der Waals surface area contributed by atoms with Crippen molar-refractivity contribution in [3.63, 3.8) is 0 Å². The van der Waals surface area contributed by atoms with E-state index in [0.717, 1.165) is 33.8 Å². The van der Waals surface area contributed by atoms with Crippen molar-refractivity contribution in [2.75, 3.05) is 5.73 Å². The summed E-state index contributed by atoms with van der Waals surface area (Å²) in [6.45, 7) is 2.10. The molecule has 20 heavy (non-hydrogen) atoms. The Morgan fingerprint density at radius 1 is 1.25 bits per heavy atom. The van der Waals surface area contributed by atoms with Crippen LogP contribution in [0.2, 0.25) is 0 Å². The Morgan fingerprint density at radius 3 is 3.00 bits per heavy atom. The molecule has 3 nitrogen and oxygen atoms in total. The maximum absolute atomic E-state index is 6.26. The zero-order valence-corrected chi connectivity index (χ0v) is 12.3. The van der Waals surface area contributed by atoms with Gasteiger partial charge in [-0.3, -0.25) is 0 Å². The SMILES string of the molecule is Cc1ccc2nc(-c3c(N)sc4c3CCCC4)[nH]c2c1. The summed E-state index contributed by atoms with van der Waals surface area (Å²) in [7, 11) is 0. The number of nitrogen functional groups attached to an aromatic ring is 1. The van der Waals surface area contributed by atoms with Crippen LogP contribution in [0, 0.1) is 6.92 Å². The maximum atomic E-state index is 6.26. The third-order valence-corrected chi connectivity index (χ3v) is 5.19. The van der Waals surface area contributed by atoms with Gasteiger partial charge in [0.25, 0.3) is 0 Å². The molecule has 0 bridgehead atoms. The number of aryl methyl sites for hydroxylation is 2. The van der Waals surface area contributed by atoms with Gasteiger partial charge < -0.3 is 10.7 Å². The average molecular weight is 283 g/mol. The van der Waals surface area contributed by atoms with E-state index in [9.17, 15) is 0 Å². The molecule has 2 heterocycles. The molecule has 0 saturated carbocycles. The average Bonchev–Trinajstić information content (AvgIpc) is 2.97. The summed E-state index contributed by atoms with van der Waals surface area (Å²) in [5.74, 6) is 0.933. The fourth-order valence-corrected chi connectivity index (χ4v) is 4.25. The smallest absolute Gasteiger partial charge is 0.141 e. The molecular formula is C16H17N3S. The summed E-state index contributed by atoms with van der Waals surface area (Å²) in [6, 6.07) is 6.31. The molecule has 0 aliphatic heterocycles. The van der Waals surface area contributed by atoms with Gasteiger partial charge in [-0.25, -0.2) is 4.98 Å². The number of benzene rings is 1. The van der Waals surface area contributed by atoms with Gasteiger partial charge >= 0.3 is 0 Å². The highest BCUT2D eigenvalue weighted by Gasteiger charge is 2.22. The number of H-pyrrole nitrogens is 1. The number of aromatic amines is 1. The standard InChI is InChI=1S/C16H17N3S/c1-9-6-7-11-12(8-9)19-16(18-11)14-10-4-2-3-5-13(10)20-15(14)17/h6-8H,2-5,17H2,1H3,(H,18,19). The number of nitrogens with two attached hydrogens (primary N) is 1. The summed E-state index contributed by atoms with van der Waals surface area (Å²) in [5.41, 5.74) is 12.2. The van der Waals surface area contributed by atoms with Gasteiger partial charge in [0, 0.05) is 4.88 Å². The van der Waals surface area contributed by atoms with Crippen LogP contribution in [0.5, 0.6) is 0 Å². The largest absolute Gasteiger partial charge is 0.390 e. The van der Waals surface area contributed by atoms with Gasteiger partial charge in [-0.1, -0.05) is 6.07 Å². The normalized spacial score (nSPS) is 14.7. The molecular weight excluding hydrogens is 266 g/mol. The van der Waals surface area contributed by atoms with E-state index in [0.29, 0.717) is 0 Å². The topological polar surface area (TPSA) is 54.7 Å². The van der Waals surface area contributed by atoms with Crippen LogP contribution in [-0.2, 0) is 12.8 Å². The van der Waals surface area contributed by atoms with E-state index in [1.165, 1.54) is 35.3 Å². The quantitative estimate of drug-likeness (QED) is 0.707. The van der Waals surface area contributed by atoms with Gasteiger partial charge in [0.1, 0.15) is 5.82 Å². The summed E-state index contributed by atoms with van der Waals surface area (Å²) in [5, 5.41) is 0.910. The molecule has 0 unspecified atom stereocenters. The summed E-state index contributed by atoms with van der Waals surface area (Å²) >= 11 is 1.74. The van der Waals surface area contributed by atoms with Gasteiger partial charge in [0.05, 0.1) is 21.6 Å². The number of anilines is 1. The first kappa shape index (κ1) is 12.0. The second-order valence-corrected chi connectivity index (χ2v) is 6.69. The van der Waals surface area contributed by atoms with Gasteiger partial charge in [-0.05, 0) is 55.9 Å². The van der Waals surface area contributed by atoms with E-state index in [1.54, 1.807) is 11.3 Å². The predicted octanol–water partition coefficient (Wildman–Crippen LogP) is 4.06. The van der Waals surface area contributed by atoms with Gasteiger partial charge in [-0.15, -0.1) is 11.3 Å². The van der Waals surface area contributed by atoms with E-state index in [2.05, 4.69) is 30.1 Å². The zero-order valence-electron chi connectivity index (χ0n) is 11.5. The molecule has 1 aromatic carbocycles. The summed E-state index contributed by atoms with van der Waals surface area (Å²) < 4.78 is 0. The van der Waals surface area contributed by atoms with Crippen LogP contribution in [0.25, 0.3) is 22.4 Å². The highest BCUT2D eigenvalue weighted by Crippen LogP contribution is 2.41. The van der Waals surface area contributed by atoms with E-state index in [1.807, 2.05) is 0 Å². The third kappa shape index (κ3) is 1.75. The van der Waals surface area contributed by atoms with Crippen LogP contribution in [-0.4, -0.2) is 9.97 Å². The van der Waals surface area contributed by atoms with E-state index in [4.69, 9.17) is 10.7 Å². The van der Waals surface area contributed by atoms with Crippen LogP contribution in [0.4, 0.5) is 5.00 Å². The van der Waals surface area contributed by atoms with Crippen molar-refractivity contribution in [3.05, 3.63) is 34.2 Å². The molecule has 0 radical (unpaired) electrons. The molecule has 3 N–H and O–H groups in total. The molecule has 0 fully saturated rings. The lowest BCUT2D eigenvalue weighted by atomic mass is 9.95. The van der Waals surface area contributed by atoms with E-state index >= 15 is 0 Å². The number of fused-ring (bicyclic) bond motifs is 2. The second-order valence-electron chi connectivity index (χ2n) is 5.56. The van der Waals surface area contributed by atoms with Crippen LogP contribution in [0.3, 0.4) is 0 Å². The molecule has 1 aliphatic carbocycles. The Bertz CT molecular complexity index is 798. The van der Waals surface area contributed by atoms with Crippen LogP contribution < -0.4 is 5.73 Å². The van der Waals surface area contributed by atoms with Gasteiger partial charge in [0.2, 0.25) is 0 Å².